The molecule has 2 rings (SSSR count). The van der Waals surface area contributed by atoms with Crippen molar-refractivity contribution in [3.8, 4) is 0 Å². The van der Waals surface area contributed by atoms with E-state index in [4.69, 9.17) is 21.4 Å². The Bertz CT molecular complexity index is 558. The SMILES string of the molecule is CC(C)(C(=O)N1CCO[C@H](C(=O)O)C1)c1ccccc1Cl. The second kappa shape index (κ2) is 6.03. The molecule has 1 heterocycles. The maximum atomic E-state index is 12.8. The van der Waals surface area contributed by atoms with Crippen molar-refractivity contribution in [1.29, 1.82) is 0 Å². The predicted octanol–water partition coefficient (Wildman–Crippen LogP) is 1.93. The summed E-state index contributed by atoms with van der Waals surface area (Å²) in [6.45, 7) is 4.25. The number of ether oxygens (including phenoxy) is 1. The van der Waals surface area contributed by atoms with Crippen LogP contribution in [0.15, 0.2) is 24.3 Å². The molecule has 5 nitrogen and oxygen atoms in total. The van der Waals surface area contributed by atoms with Gasteiger partial charge in [-0.25, -0.2) is 4.79 Å². The fourth-order valence-corrected chi connectivity index (χ4v) is 2.83. The van der Waals surface area contributed by atoms with Crippen LogP contribution in [0.1, 0.15) is 19.4 Å². The van der Waals surface area contributed by atoms with Gasteiger partial charge in [-0.15, -0.1) is 0 Å². The van der Waals surface area contributed by atoms with Gasteiger partial charge >= 0.3 is 5.97 Å². The number of amides is 1. The van der Waals surface area contributed by atoms with Crippen LogP contribution in [0.4, 0.5) is 0 Å². The molecule has 1 aliphatic heterocycles. The van der Waals surface area contributed by atoms with Crippen LogP contribution < -0.4 is 0 Å². The molecule has 21 heavy (non-hydrogen) atoms. The molecule has 114 valence electrons. The lowest BCUT2D eigenvalue weighted by Gasteiger charge is -2.36. The van der Waals surface area contributed by atoms with E-state index in [-0.39, 0.29) is 19.1 Å². The van der Waals surface area contributed by atoms with E-state index in [0.29, 0.717) is 11.6 Å². The molecule has 0 unspecified atom stereocenters. The standard InChI is InChI=1S/C15H18ClNO4/c1-15(2,10-5-3-4-6-11(10)16)14(20)17-7-8-21-12(9-17)13(18)19/h3-6,12H,7-9H2,1-2H3,(H,18,19)/t12-/m0/s1. The summed E-state index contributed by atoms with van der Waals surface area (Å²) in [5, 5.41) is 9.54. The Morgan fingerprint density at radius 3 is 2.67 bits per heavy atom. The number of aliphatic carboxylic acids is 1. The maximum Gasteiger partial charge on any atom is 0.334 e. The van der Waals surface area contributed by atoms with Crippen molar-refractivity contribution in [2.24, 2.45) is 0 Å². The largest absolute Gasteiger partial charge is 0.479 e. The lowest BCUT2D eigenvalue weighted by atomic mass is 9.83. The van der Waals surface area contributed by atoms with Gasteiger partial charge < -0.3 is 14.7 Å². The van der Waals surface area contributed by atoms with Crippen LogP contribution >= 0.6 is 11.6 Å². The zero-order valence-electron chi connectivity index (χ0n) is 12.0. The molecule has 0 aliphatic carbocycles. The van der Waals surface area contributed by atoms with Crippen molar-refractivity contribution in [2.45, 2.75) is 25.4 Å². The lowest BCUT2D eigenvalue weighted by Crippen LogP contribution is -2.53. The molecule has 0 aromatic heterocycles. The summed E-state index contributed by atoms with van der Waals surface area (Å²) < 4.78 is 5.14. The minimum atomic E-state index is -1.05. The monoisotopic (exact) mass is 311 g/mol. The topological polar surface area (TPSA) is 66.8 Å². The Balaban J connectivity index is 2.22. The van der Waals surface area contributed by atoms with Crippen LogP contribution in [0.25, 0.3) is 0 Å². The van der Waals surface area contributed by atoms with Gasteiger partial charge in [0.2, 0.25) is 5.91 Å². The average Bonchev–Trinajstić information content (AvgIpc) is 2.46. The van der Waals surface area contributed by atoms with Crippen molar-refractivity contribution < 1.29 is 19.4 Å². The number of halogens is 1. The zero-order valence-corrected chi connectivity index (χ0v) is 12.8. The molecule has 0 bridgehead atoms. The van der Waals surface area contributed by atoms with Gasteiger partial charge in [0.15, 0.2) is 6.10 Å². The molecular formula is C15H18ClNO4. The third-order valence-corrected chi connectivity index (χ3v) is 4.04. The van der Waals surface area contributed by atoms with Gasteiger partial charge in [-0.05, 0) is 25.5 Å². The van der Waals surface area contributed by atoms with Gasteiger partial charge in [0, 0.05) is 11.6 Å². The highest BCUT2D eigenvalue weighted by Gasteiger charge is 2.38. The zero-order chi connectivity index (χ0) is 15.6. The van der Waals surface area contributed by atoms with Crippen LogP contribution in [-0.4, -0.2) is 47.7 Å². The number of hydrogen-bond donors (Lipinski definition) is 1. The van der Waals surface area contributed by atoms with E-state index >= 15 is 0 Å². The normalized spacial score (nSPS) is 19.4. The number of hydrogen-bond acceptors (Lipinski definition) is 3. The highest BCUT2D eigenvalue weighted by atomic mass is 35.5. The molecule has 1 saturated heterocycles. The van der Waals surface area contributed by atoms with E-state index in [1.807, 2.05) is 18.2 Å². The third-order valence-electron chi connectivity index (χ3n) is 3.71. The first-order valence-electron chi connectivity index (χ1n) is 6.73. The Kier molecular flexibility index (Phi) is 4.54. The van der Waals surface area contributed by atoms with Gasteiger partial charge in [-0.1, -0.05) is 29.8 Å². The summed E-state index contributed by atoms with van der Waals surface area (Å²) >= 11 is 6.18. The summed E-state index contributed by atoms with van der Waals surface area (Å²) in [6.07, 6.45) is -0.968. The summed E-state index contributed by atoms with van der Waals surface area (Å²) in [4.78, 5) is 25.3. The molecule has 6 heteroatoms. The fourth-order valence-electron chi connectivity index (χ4n) is 2.46. The van der Waals surface area contributed by atoms with Crippen LogP contribution in [0.3, 0.4) is 0 Å². The Morgan fingerprint density at radius 2 is 2.05 bits per heavy atom. The summed E-state index contributed by atoms with van der Waals surface area (Å²) in [6, 6.07) is 7.19. The van der Waals surface area contributed by atoms with Crippen molar-refractivity contribution in [3.63, 3.8) is 0 Å². The van der Waals surface area contributed by atoms with Gasteiger partial charge in [-0.2, -0.15) is 0 Å². The Morgan fingerprint density at radius 1 is 1.38 bits per heavy atom. The van der Waals surface area contributed by atoms with Gasteiger partial charge in [-0.3, -0.25) is 4.79 Å². The number of rotatable bonds is 3. The first-order chi connectivity index (χ1) is 9.84. The summed E-state index contributed by atoms with van der Waals surface area (Å²) in [5.74, 6) is -1.20. The van der Waals surface area contributed by atoms with Crippen molar-refractivity contribution in [1.82, 2.24) is 4.90 Å². The Hall–Kier alpha value is -1.59. The number of carboxylic acids is 1. The van der Waals surface area contributed by atoms with Crippen LogP contribution in [0, 0.1) is 0 Å². The van der Waals surface area contributed by atoms with E-state index in [1.165, 1.54) is 4.90 Å². The second-order valence-corrected chi connectivity index (χ2v) is 5.96. The maximum absolute atomic E-state index is 12.8. The molecule has 1 N–H and O–H groups in total. The van der Waals surface area contributed by atoms with Gasteiger partial charge in [0.1, 0.15) is 0 Å². The number of nitrogens with zero attached hydrogens (tertiary/aromatic N) is 1. The van der Waals surface area contributed by atoms with E-state index in [1.54, 1.807) is 19.9 Å². The van der Waals surface area contributed by atoms with E-state index < -0.39 is 17.5 Å². The van der Waals surface area contributed by atoms with Gasteiger partial charge in [0.25, 0.3) is 0 Å². The van der Waals surface area contributed by atoms with Crippen molar-refractivity contribution in [2.75, 3.05) is 19.7 Å². The smallest absolute Gasteiger partial charge is 0.334 e. The molecule has 1 aromatic rings. The molecule has 1 aromatic carbocycles. The van der Waals surface area contributed by atoms with E-state index in [9.17, 15) is 9.59 Å². The first kappa shape index (κ1) is 15.8. The quantitative estimate of drug-likeness (QED) is 0.926. The van der Waals surface area contributed by atoms with Crippen molar-refractivity contribution >= 4 is 23.5 Å². The molecule has 1 fully saturated rings. The van der Waals surface area contributed by atoms with Crippen molar-refractivity contribution in [3.05, 3.63) is 34.9 Å². The number of carbonyl (C=O) groups is 2. The number of carbonyl (C=O) groups excluding carboxylic acids is 1. The predicted molar refractivity (Wildman–Crippen MR) is 78.4 cm³/mol. The molecule has 0 saturated carbocycles. The number of benzene rings is 1. The minimum absolute atomic E-state index is 0.0576. The fraction of sp³-hybridized carbons (Fsp3) is 0.467. The molecule has 0 radical (unpaired) electrons. The first-order valence-corrected chi connectivity index (χ1v) is 7.10. The van der Waals surface area contributed by atoms with Crippen LogP contribution in [-0.2, 0) is 19.7 Å². The lowest BCUT2D eigenvalue weighted by molar-refractivity contribution is -0.160. The number of morpholine rings is 1. The summed E-state index contributed by atoms with van der Waals surface area (Å²) in [7, 11) is 0. The van der Waals surface area contributed by atoms with Crippen LogP contribution in [0.2, 0.25) is 5.02 Å². The molecule has 1 atom stereocenters. The van der Waals surface area contributed by atoms with E-state index in [0.717, 1.165) is 5.56 Å². The second-order valence-electron chi connectivity index (χ2n) is 5.55. The molecule has 1 aliphatic rings. The molecular weight excluding hydrogens is 294 g/mol. The Labute approximate surface area is 128 Å². The highest BCUT2D eigenvalue weighted by molar-refractivity contribution is 6.31. The average molecular weight is 312 g/mol. The molecule has 0 spiro atoms. The number of carboxylic acid groups (broad SMARTS) is 1. The summed E-state index contributed by atoms with van der Waals surface area (Å²) in [5.41, 5.74) is -0.0892. The van der Waals surface area contributed by atoms with Crippen LogP contribution in [0.5, 0.6) is 0 Å². The highest BCUT2D eigenvalue weighted by Crippen LogP contribution is 2.32. The van der Waals surface area contributed by atoms with E-state index in [2.05, 4.69) is 0 Å². The molecule has 1 amide bonds. The van der Waals surface area contributed by atoms with Gasteiger partial charge in [0.05, 0.1) is 18.6 Å². The third kappa shape index (κ3) is 3.19. The minimum Gasteiger partial charge on any atom is -0.479 e.